The van der Waals surface area contributed by atoms with Crippen molar-refractivity contribution in [1.29, 1.82) is 0 Å². The fraction of sp³-hybridized carbons (Fsp3) is 0.235. The zero-order valence-corrected chi connectivity index (χ0v) is 15.0. The molecule has 8 nitrogen and oxygen atoms in total. The number of thioether (sulfide) groups is 1. The standard InChI is InChI=1S/C17H16N4O4S/c1-3-20-16(15-5-4-8-25-15)18-19-17(20)26-10-14(22)12-7-6-11(2)13(9-12)21(23)24/h4-9H,3,10H2,1-2H3. The Morgan fingerprint density at radius 2 is 2.15 bits per heavy atom. The normalized spacial score (nSPS) is 10.8. The van der Waals surface area contributed by atoms with Crippen LogP contribution in [0.2, 0.25) is 0 Å². The van der Waals surface area contributed by atoms with E-state index in [0.29, 0.717) is 34.4 Å². The van der Waals surface area contributed by atoms with Gasteiger partial charge in [-0.15, -0.1) is 10.2 Å². The molecule has 0 radical (unpaired) electrons. The molecule has 2 aromatic heterocycles. The van der Waals surface area contributed by atoms with Crippen LogP contribution >= 0.6 is 11.8 Å². The molecule has 0 saturated heterocycles. The summed E-state index contributed by atoms with van der Waals surface area (Å²) in [6.07, 6.45) is 1.56. The van der Waals surface area contributed by atoms with Crippen LogP contribution in [0, 0.1) is 17.0 Å². The van der Waals surface area contributed by atoms with Crippen molar-refractivity contribution >= 4 is 23.2 Å². The number of nitro benzene ring substituents is 1. The molecule has 1 aromatic carbocycles. The molecule has 0 fully saturated rings. The Bertz CT molecular complexity index is 950. The monoisotopic (exact) mass is 372 g/mol. The third-order valence-electron chi connectivity index (χ3n) is 3.83. The van der Waals surface area contributed by atoms with Gasteiger partial charge in [-0.25, -0.2) is 0 Å². The zero-order valence-electron chi connectivity index (χ0n) is 14.2. The Morgan fingerprint density at radius 1 is 1.35 bits per heavy atom. The van der Waals surface area contributed by atoms with E-state index in [0.717, 1.165) is 0 Å². The number of aromatic nitrogens is 3. The molecule has 0 bridgehead atoms. The van der Waals surface area contributed by atoms with Crippen LogP contribution in [0.25, 0.3) is 11.6 Å². The number of carbonyl (C=O) groups is 1. The molecular formula is C17H16N4O4S. The topological polar surface area (TPSA) is 104 Å². The summed E-state index contributed by atoms with van der Waals surface area (Å²) in [5.41, 5.74) is 0.773. The maximum absolute atomic E-state index is 12.4. The fourth-order valence-electron chi connectivity index (χ4n) is 2.46. The lowest BCUT2D eigenvalue weighted by molar-refractivity contribution is -0.385. The van der Waals surface area contributed by atoms with E-state index < -0.39 is 4.92 Å². The van der Waals surface area contributed by atoms with Crippen LogP contribution in [0.3, 0.4) is 0 Å². The highest BCUT2D eigenvalue weighted by Gasteiger charge is 2.18. The SMILES string of the molecule is CCn1c(SCC(=O)c2ccc(C)c([N+](=O)[O-])c2)nnc1-c1ccco1. The molecule has 0 unspecified atom stereocenters. The lowest BCUT2D eigenvalue weighted by atomic mass is 10.1. The van der Waals surface area contributed by atoms with Crippen molar-refractivity contribution in [2.75, 3.05) is 5.75 Å². The van der Waals surface area contributed by atoms with Gasteiger partial charge < -0.3 is 4.42 Å². The number of furan rings is 1. The Labute approximate surface area is 153 Å². The van der Waals surface area contributed by atoms with Gasteiger partial charge in [-0.1, -0.05) is 23.9 Å². The largest absolute Gasteiger partial charge is 0.461 e. The van der Waals surface area contributed by atoms with Crippen LogP contribution in [0.4, 0.5) is 5.69 Å². The van der Waals surface area contributed by atoms with Gasteiger partial charge in [0.1, 0.15) is 0 Å². The molecule has 134 valence electrons. The first kappa shape index (κ1) is 17.9. The van der Waals surface area contributed by atoms with Crippen LogP contribution in [-0.2, 0) is 6.54 Å². The van der Waals surface area contributed by atoms with Gasteiger partial charge >= 0.3 is 0 Å². The molecule has 3 aromatic rings. The quantitative estimate of drug-likeness (QED) is 0.269. The number of rotatable bonds is 7. The third-order valence-corrected chi connectivity index (χ3v) is 4.80. The van der Waals surface area contributed by atoms with Crippen molar-refractivity contribution in [1.82, 2.24) is 14.8 Å². The Balaban J connectivity index is 1.76. The second-order valence-corrected chi connectivity index (χ2v) is 6.44. The predicted molar refractivity (Wildman–Crippen MR) is 96.3 cm³/mol. The summed E-state index contributed by atoms with van der Waals surface area (Å²) in [4.78, 5) is 23.0. The van der Waals surface area contributed by atoms with Gasteiger partial charge in [0, 0.05) is 23.7 Å². The van der Waals surface area contributed by atoms with Gasteiger partial charge in [-0.3, -0.25) is 19.5 Å². The maximum atomic E-state index is 12.4. The molecule has 0 saturated carbocycles. The van der Waals surface area contributed by atoms with Crippen LogP contribution in [0.1, 0.15) is 22.8 Å². The molecular weight excluding hydrogens is 356 g/mol. The van der Waals surface area contributed by atoms with Gasteiger partial charge in [0.25, 0.3) is 5.69 Å². The summed E-state index contributed by atoms with van der Waals surface area (Å²) in [6.45, 7) is 4.21. The highest BCUT2D eigenvalue weighted by molar-refractivity contribution is 7.99. The number of ketones is 1. The van der Waals surface area contributed by atoms with E-state index >= 15 is 0 Å². The smallest absolute Gasteiger partial charge is 0.273 e. The van der Waals surface area contributed by atoms with Crippen LogP contribution in [-0.4, -0.2) is 31.2 Å². The van der Waals surface area contributed by atoms with Crippen LogP contribution in [0.15, 0.2) is 46.2 Å². The molecule has 0 amide bonds. The molecule has 0 N–H and O–H groups in total. The number of aryl methyl sites for hydroxylation is 1. The minimum atomic E-state index is -0.484. The predicted octanol–water partition coefficient (Wildman–Crippen LogP) is 3.75. The molecule has 3 rings (SSSR count). The summed E-state index contributed by atoms with van der Waals surface area (Å²) >= 11 is 1.24. The van der Waals surface area contributed by atoms with Gasteiger partial charge in [0.05, 0.1) is 16.9 Å². The van der Waals surface area contributed by atoms with Gasteiger partial charge in [0.15, 0.2) is 22.5 Å². The van der Waals surface area contributed by atoms with Crippen molar-refractivity contribution in [3.8, 4) is 11.6 Å². The Kier molecular flexibility index (Phi) is 5.17. The summed E-state index contributed by atoms with van der Waals surface area (Å²) in [5, 5.41) is 19.9. The lowest BCUT2D eigenvalue weighted by Gasteiger charge is -2.06. The van der Waals surface area contributed by atoms with Gasteiger partial charge in [-0.2, -0.15) is 0 Å². The average Bonchev–Trinajstić information content (AvgIpc) is 3.28. The van der Waals surface area contributed by atoms with Gasteiger partial charge in [-0.05, 0) is 26.0 Å². The maximum Gasteiger partial charge on any atom is 0.273 e. The molecule has 0 aliphatic carbocycles. The third kappa shape index (κ3) is 3.52. The molecule has 0 spiro atoms. The first-order valence-electron chi connectivity index (χ1n) is 7.89. The number of hydrogen-bond donors (Lipinski definition) is 0. The van der Waals surface area contributed by atoms with E-state index in [1.54, 1.807) is 37.5 Å². The van der Waals surface area contributed by atoms with E-state index in [9.17, 15) is 14.9 Å². The van der Waals surface area contributed by atoms with Crippen molar-refractivity contribution in [3.05, 3.63) is 57.8 Å². The summed E-state index contributed by atoms with van der Waals surface area (Å²) in [7, 11) is 0. The number of Topliss-reactive ketones (excluding diaryl/α,β-unsaturated/α-hetero) is 1. The minimum absolute atomic E-state index is 0.0577. The molecule has 26 heavy (non-hydrogen) atoms. The molecule has 2 heterocycles. The number of carbonyl (C=O) groups excluding carboxylic acids is 1. The van der Waals surface area contributed by atoms with Crippen LogP contribution < -0.4 is 0 Å². The molecule has 0 atom stereocenters. The second kappa shape index (κ2) is 7.52. The van der Waals surface area contributed by atoms with E-state index in [-0.39, 0.29) is 17.2 Å². The summed E-state index contributed by atoms with van der Waals surface area (Å²) in [5.74, 6) is 1.10. The second-order valence-electron chi connectivity index (χ2n) is 5.50. The van der Waals surface area contributed by atoms with E-state index in [4.69, 9.17) is 4.42 Å². The van der Waals surface area contributed by atoms with Crippen LogP contribution in [0.5, 0.6) is 0 Å². The number of nitrogens with zero attached hydrogens (tertiary/aromatic N) is 4. The lowest BCUT2D eigenvalue weighted by Crippen LogP contribution is -2.06. The fourth-order valence-corrected chi connectivity index (χ4v) is 3.36. The number of benzene rings is 1. The van der Waals surface area contributed by atoms with Crippen molar-refractivity contribution in [2.24, 2.45) is 0 Å². The number of hydrogen-bond acceptors (Lipinski definition) is 7. The molecule has 0 aliphatic rings. The van der Waals surface area contributed by atoms with E-state index in [1.807, 2.05) is 11.5 Å². The van der Waals surface area contributed by atoms with Crippen molar-refractivity contribution < 1.29 is 14.1 Å². The van der Waals surface area contributed by atoms with Crippen molar-refractivity contribution in [3.63, 3.8) is 0 Å². The first-order valence-corrected chi connectivity index (χ1v) is 8.88. The highest BCUT2D eigenvalue weighted by atomic mass is 32.2. The molecule has 9 heteroatoms. The highest BCUT2D eigenvalue weighted by Crippen LogP contribution is 2.26. The molecule has 0 aliphatic heterocycles. The van der Waals surface area contributed by atoms with Gasteiger partial charge in [0.2, 0.25) is 0 Å². The zero-order chi connectivity index (χ0) is 18.7. The Morgan fingerprint density at radius 3 is 2.81 bits per heavy atom. The minimum Gasteiger partial charge on any atom is -0.461 e. The van der Waals surface area contributed by atoms with E-state index in [1.165, 1.54) is 17.8 Å². The number of nitro groups is 1. The summed E-state index contributed by atoms with van der Waals surface area (Å²) in [6, 6.07) is 8.06. The first-order chi connectivity index (χ1) is 12.5. The Hall–Kier alpha value is -2.94. The van der Waals surface area contributed by atoms with Crippen molar-refractivity contribution in [2.45, 2.75) is 25.5 Å². The summed E-state index contributed by atoms with van der Waals surface area (Å²) < 4.78 is 7.21. The average molecular weight is 372 g/mol. The van der Waals surface area contributed by atoms with E-state index in [2.05, 4.69) is 10.2 Å².